The SMILES string of the molecule is CC[C@H]1CC[C@H](CCc2ccc(C(F)(F)Oc3ccc(C(F)(F)F)cc3)cc2)CC1. The minimum absolute atomic E-state index is 0.320. The first-order valence-electron chi connectivity index (χ1n) is 10.5. The third kappa shape index (κ3) is 5.96. The first kappa shape index (κ1) is 22.6. The molecule has 0 saturated heterocycles. The molecule has 0 atom stereocenters. The van der Waals surface area contributed by atoms with E-state index in [1.807, 2.05) is 0 Å². The van der Waals surface area contributed by atoms with Gasteiger partial charge < -0.3 is 4.74 Å². The molecule has 164 valence electrons. The summed E-state index contributed by atoms with van der Waals surface area (Å²) in [6.45, 7) is 2.24. The number of hydrogen-bond donors (Lipinski definition) is 0. The summed E-state index contributed by atoms with van der Waals surface area (Å²) in [5.41, 5.74) is -0.234. The van der Waals surface area contributed by atoms with Gasteiger partial charge in [0, 0.05) is 0 Å². The second-order valence-corrected chi connectivity index (χ2v) is 8.17. The third-order valence-electron chi connectivity index (χ3n) is 6.10. The van der Waals surface area contributed by atoms with Gasteiger partial charge >= 0.3 is 12.3 Å². The Morgan fingerprint density at radius 3 is 1.83 bits per heavy atom. The van der Waals surface area contributed by atoms with Crippen LogP contribution >= 0.6 is 0 Å². The van der Waals surface area contributed by atoms with Crippen molar-refractivity contribution in [3.05, 3.63) is 65.2 Å². The van der Waals surface area contributed by atoms with Gasteiger partial charge in [0.15, 0.2) is 0 Å². The Balaban J connectivity index is 1.55. The van der Waals surface area contributed by atoms with Crippen molar-refractivity contribution in [3.63, 3.8) is 0 Å². The molecule has 2 aromatic rings. The van der Waals surface area contributed by atoms with Gasteiger partial charge in [-0.3, -0.25) is 0 Å². The zero-order valence-corrected chi connectivity index (χ0v) is 17.0. The van der Waals surface area contributed by atoms with Crippen LogP contribution in [0.2, 0.25) is 0 Å². The summed E-state index contributed by atoms with van der Waals surface area (Å²) in [5, 5.41) is 0. The van der Waals surface area contributed by atoms with Crippen LogP contribution in [0.15, 0.2) is 48.5 Å². The second-order valence-electron chi connectivity index (χ2n) is 8.17. The smallest absolute Gasteiger partial charge is 0.426 e. The molecule has 0 bridgehead atoms. The van der Waals surface area contributed by atoms with Gasteiger partial charge in [-0.25, -0.2) is 0 Å². The van der Waals surface area contributed by atoms with E-state index in [0.717, 1.165) is 48.6 Å². The van der Waals surface area contributed by atoms with Crippen molar-refractivity contribution in [1.29, 1.82) is 0 Å². The molecule has 0 heterocycles. The van der Waals surface area contributed by atoms with Crippen molar-refractivity contribution in [2.75, 3.05) is 0 Å². The highest BCUT2D eigenvalue weighted by atomic mass is 19.4. The average molecular weight is 426 g/mol. The van der Waals surface area contributed by atoms with Crippen LogP contribution in [0.4, 0.5) is 22.0 Å². The summed E-state index contributed by atoms with van der Waals surface area (Å²) in [5.74, 6) is 1.24. The minimum Gasteiger partial charge on any atom is -0.429 e. The van der Waals surface area contributed by atoms with E-state index < -0.39 is 17.8 Å². The summed E-state index contributed by atoms with van der Waals surface area (Å²) in [6, 6.07) is 9.26. The van der Waals surface area contributed by atoms with Gasteiger partial charge in [-0.15, -0.1) is 0 Å². The summed E-state index contributed by atoms with van der Waals surface area (Å²) in [6.07, 6.45) is 0.0771. The lowest BCUT2D eigenvalue weighted by Gasteiger charge is -2.27. The van der Waals surface area contributed by atoms with Crippen LogP contribution in [0.5, 0.6) is 5.75 Å². The van der Waals surface area contributed by atoms with E-state index in [2.05, 4.69) is 11.7 Å². The van der Waals surface area contributed by atoms with E-state index in [0.29, 0.717) is 5.92 Å². The summed E-state index contributed by atoms with van der Waals surface area (Å²) >= 11 is 0. The normalized spacial score (nSPS) is 20.2. The van der Waals surface area contributed by atoms with Crippen molar-refractivity contribution in [3.8, 4) is 5.75 Å². The van der Waals surface area contributed by atoms with Gasteiger partial charge in [0.25, 0.3) is 0 Å². The second kappa shape index (κ2) is 9.36. The number of aryl methyl sites for hydroxylation is 1. The molecule has 0 amide bonds. The van der Waals surface area contributed by atoms with Crippen molar-refractivity contribution in [2.24, 2.45) is 11.8 Å². The Bertz CT molecular complexity index is 788. The van der Waals surface area contributed by atoms with Gasteiger partial charge in [0.1, 0.15) is 5.75 Å². The van der Waals surface area contributed by atoms with Crippen LogP contribution in [0.25, 0.3) is 0 Å². The Morgan fingerprint density at radius 1 is 0.767 bits per heavy atom. The number of hydrogen-bond acceptors (Lipinski definition) is 1. The standard InChI is InChI=1S/C24H27F5O/c1-2-17-3-5-18(6-4-17)7-8-19-9-11-21(12-10-19)24(28,29)30-22-15-13-20(14-16-22)23(25,26)27/h9-18H,2-8H2,1H3/t17-,18-. The van der Waals surface area contributed by atoms with E-state index >= 15 is 0 Å². The number of benzene rings is 2. The molecule has 30 heavy (non-hydrogen) atoms. The van der Waals surface area contributed by atoms with Crippen molar-refractivity contribution in [2.45, 2.75) is 64.2 Å². The molecule has 0 unspecified atom stereocenters. The summed E-state index contributed by atoms with van der Waals surface area (Å²) < 4.78 is 71.3. The van der Waals surface area contributed by atoms with Crippen LogP contribution in [0.1, 0.15) is 62.1 Å². The lowest BCUT2D eigenvalue weighted by atomic mass is 9.78. The van der Waals surface area contributed by atoms with E-state index in [4.69, 9.17) is 0 Å². The van der Waals surface area contributed by atoms with Crippen LogP contribution in [-0.4, -0.2) is 0 Å². The Hall–Kier alpha value is -2.11. The van der Waals surface area contributed by atoms with E-state index in [1.165, 1.54) is 44.2 Å². The van der Waals surface area contributed by atoms with Crippen LogP contribution in [-0.2, 0) is 18.7 Å². The van der Waals surface area contributed by atoms with Crippen molar-refractivity contribution < 1.29 is 26.7 Å². The van der Waals surface area contributed by atoms with Gasteiger partial charge in [-0.1, -0.05) is 51.2 Å². The lowest BCUT2D eigenvalue weighted by Crippen LogP contribution is -2.22. The molecule has 1 aliphatic carbocycles. The molecule has 1 fully saturated rings. The number of halogens is 5. The van der Waals surface area contributed by atoms with Crippen molar-refractivity contribution >= 4 is 0 Å². The molecule has 0 aromatic heterocycles. The number of ether oxygens (including phenoxy) is 1. The third-order valence-corrected chi connectivity index (χ3v) is 6.10. The fraction of sp³-hybridized carbons (Fsp3) is 0.500. The van der Waals surface area contributed by atoms with Gasteiger partial charge in [-0.05, 0) is 66.6 Å². The number of alkyl halides is 5. The molecule has 6 heteroatoms. The molecule has 0 radical (unpaired) electrons. The Labute approximate surface area is 174 Å². The molecule has 1 nitrogen and oxygen atoms in total. The van der Waals surface area contributed by atoms with E-state index in [1.54, 1.807) is 12.1 Å². The average Bonchev–Trinajstić information content (AvgIpc) is 2.72. The van der Waals surface area contributed by atoms with Crippen LogP contribution in [0, 0.1) is 11.8 Å². The predicted octanol–water partition coefficient (Wildman–Crippen LogP) is 7.98. The molecule has 2 aromatic carbocycles. The lowest BCUT2D eigenvalue weighted by molar-refractivity contribution is -0.185. The molecule has 0 aliphatic heterocycles. The Morgan fingerprint density at radius 2 is 1.30 bits per heavy atom. The largest absolute Gasteiger partial charge is 0.429 e. The molecule has 0 spiro atoms. The maximum Gasteiger partial charge on any atom is 0.426 e. The minimum atomic E-state index is -4.52. The molecule has 1 aliphatic rings. The predicted molar refractivity (Wildman–Crippen MR) is 106 cm³/mol. The monoisotopic (exact) mass is 426 g/mol. The number of rotatable bonds is 7. The quantitative estimate of drug-likeness (QED) is 0.408. The first-order chi connectivity index (χ1) is 14.2. The molecular formula is C24H27F5O. The van der Waals surface area contributed by atoms with E-state index in [-0.39, 0.29) is 11.3 Å². The van der Waals surface area contributed by atoms with E-state index in [9.17, 15) is 22.0 Å². The zero-order valence-electron chi connectivity index (χ0n) is 17.0. The van der Waals surface area contributed by atoms with Gasteiger partial charge in [0.2, 0.25) is 0 Å². The summed E-state index contributed by atoms with van der Waals surface area (Å²) in [7, 11) is 0. The Kier molecular flexibility index (Phi) is 7.04. The van der Waals surface area contributed by atoms with Crippen LogP contribution < -0.4 is 4.74 Å². The molecular weight excluding hydrogens is 399 g/mol. The summed E-state index contributed by atoms with van der Waals surface area (Å²) in [4.78, 5) is 0. The fourth-order valence-electron chi connectivity index (χ4n) is 4.08. The molecule has 3 rings (SSSR count). The molecule has 1 saturated carbocycles. The maximum absolute atomic E-state index is 14.4. The van der Waals surface area contributed by atoms with Gasteiger partial charge in [0.05, 0.1) is 11.1 Å². The highest BCUT2D eigenvalue weighted by Crippen LogP contribution is 2.35. The van der Waals surface area contributed by atoms with Gasteiger partial charge in [-0.2, -0.15) is 22.0 Å². The first-order valence-corrected chi connectivity index (χ1v) is 10.5. The topological polar surface area (TPSA) is 9.23 Å². The highest BCUT2D eigenvalue weighted by molar-refractivity contribution is 5.31. The maximum atomic E-state index is 14.4. The van der Waals surface area contributed by atoms with Crippen molar-refractivity contribution in [1.82, 2.24) is 0 Å². The fourth-order valence-corrected chi connectivity index (χ4v) is 4.08. The molecule has 0 N–H and O–H groups in total. The highest BCUT2D eigenvalue weighted by Gasteiger charge is 2.35. The zero-order chi connectivity index (χ0) is 21.8. The van der Waals surface area contributed by atoms with Crippen LogP contribution in [0.3, 0.4) is 0 Å².